The molecule has 1 aromatic rings. The lowest BCUT2D eigenvalue weighted by molar-refractivity contribution is 0.0112. The van der Waals surface area contributed by atoms with Crippen LogP contribution in [0.1, 0.15) is 69.1 Å². The smallest absolute Gasteiger partial charge is 0.410 e. The normalized spacial score (nSPS) is 27.0. The fourth-order valence-corrected chi connectivity index (χ4v) is 3.51. The molecule has 1 aliphatic carbocycles. The van der Waals surface area contributed by atoms with Crippen LogP contribution in [0.25, 0.3) is 0 Å². The Bertz CT molecular complexity index is 629. The molecule has 7 nitrogen and oxygen atoms in total. The zero-order valence-corrected chi connectivity index (χ0v) is 14.7. The number of nitrogens with zero attached hydrogens (tertiary/aromatic N) is 3. The third-order valence-corrected chi connectivity index (χ3v) is 4.52. The van der Waals surface area contributed by atoms with Gasteiger partial charge in [0.05, 0.1) is 23.5 Å². The fourth-order valence-electron chi connectivity index (χ4n) is 3.51. The Morgan fingerprint density at radius 1 is 1.38 bits per heavy atom. The fraction of sp³-hybridized carbons (Fsp3) is 0.706. The summed E-state index contributed by atoms with van der Waals surface area (Å²) in [5, 5.41) is 13.5. The molecule has 1 amide bonds. The average Bonchev–Trinajstić information content (AvgIpc) is 2.81. The summed E-state index contributed by atoms with van der Waals surface area (Å²) in [4.78, 5) is 23.1. The van der Waals surface area contributed by atoms with Gasteiger partial charge in [-0.3, -0.25) is 4.90 Å². The lowest BCUT2D eigenvalue weighted by Gasteiger charge is -2.37. The minimum absolute atomic E-state index is 0.175. The third kappa shape index (κ3) is 3.23. The molecule has 1 aliphatic heterocycles. The molecule has 0 saturated carbocycles. The van der Waals surface area contributed by atoms with Crippen molar-refractivity contribution < 1.29 is 14.6 Å². The first-order valence-corrected chi connectivity index (χ1v) is 8.51. The van der Waals surface area contributed by atoms with Gasteiger partial charge in [-0.1, -0.05) is 6.92 Å². The van der Waals surface area contributed by atoms with Crippen molar-refractivity contribution in [1.82, 2.24) is 20.2 Å². The number of aromatic nitrogens is 2. The van der Waals surface area contributed by atoms with Gasteiger partial charge in [0.25, 0.3) is 0 Å². The largest absolute Gasteiger partial charge is 0.444 e. The number of aliphatic hydroxyl groups excluding tert-OH is 1. The van der Waals surface area contributed by atoms with Gasteiger partial charge in [-0.25, -0.2) is 14.8 Å². The van der Waals surface area contributed by atoms with Crippen molar-refractivity contribution in [3.8, 4) is 0 Å². The van der Waals surface area contributed by atoms with Crippen molar-refractivity contribution in [2.45, 2.75) is 57.8 Å². The van der Waals surface area contributed by atoms with E-state index in [-0.39, 0.29) is 18.1 Å². The van der Waals surface area contributed by atoms with E-state index in [0.717, 1.165) is 17.8 Å². The molecule has 2 aliphatic rings. The Balaban J connectivity index is 1.94. The van der Waals surface area contributed by atoms with Crippen LogP contribution in [0.5, 0.6) is 0 Å². The highest BCUT2D eigenvalue weighted by atomic mass is 16.6. The number of hydrogen-bond acceptors (Lipinski definition) is 6. The maximum atomic E-state index is 12.6. The molecule has 1 fully saturated rings. The van der Waals surface area contributed by atoms with Crippen LogP contribution >= 0.6 is 0 Å². The van der Waals surface area contributed by atoms with Crippen molar-refractivity contribution in [3.63, 3.8) is 0 Å². The molecule has 3 atom stereocenters. The van der Waals surface area contributed by atoms with E-state index >= 15 is 0 Å². The van der Waals surface area contributed by atoms with E-state index in [1.54, 1.807) is 4.90 Å². The Hall–Kier alpha value is -1.73. The van der Waals surface area contributed by atoms with Gasteiger partial charge >= 0.3 is 6.09 Å². The number of nitrogens with one attached hydrogen (secondary N) is 1. The molecule has 132 valence electrons. The van der Waals surface area contributed by atoms with Crippen molar-refractivity contribution in [3.05, 3.63) is 23.3 Å². The van der Waals surface area contributed by atoms with Crippen molar-refractivity contribution >= 4 is 6.09 Å². The summed E-state index contributed by atoms with van der Waals surface area (Å²) in [5.74, 6) is 0.175. The molecular formula is C17H26N4O3. The van der Waals surface area contributed by atoms with E-state index < -0.39 is 11.7 Å². The summed E-state index contributed by atoms with van der Waals surface area (Å²) < 4.78 is 5.56. The Labute approximate surface area is 142 Å². The van der Waals surface area contributed by atoms with Crippen LogP contribution in [0.3, 0.4) is 0 Å². The van der Waals surface area contributed by atoms with E-state index in [9.17, 15) is 9.90 Å². The quantitative estimate of drug-likeness (QED) is 0.815. The van der Waals surface area contributed by atoms with E-state index in [1.165, 1.54) is 6.33 Å². The number of fused-ring (bicyclic) bond motifs is 1. The zero-order valence-electron chi connectivity index (χ0n) is 14.7. The highest BCUT2D eigenvalue weighted by Crippen LogP contribution is 2.42. The number of amides is 1. The lowest BCUT2D eigenvalue weighted by atomic mass is 9.97. The molecule has 0 spiro atoms. The molecule has 24 heavy (non-hydrogen) atoms. The summed E-state index contributed by atoms with van der Waals surface area (Å²) in [6.45, 7) is 9.56. The SMILES string of the molecule is C[C@@H]1C[C@H](O)c2ncnc(C3CNCCN3C(=O)OC(C)(C)C)c21. The summed E-state index contributed by atoms with van der Waals surface area (Å²) in [5.41, 5.74) is 1.96. The lowest BCUT2D eigenvalue weighted by Crippen LogP contribution is -2.50. The van der Waals surface area contributed by atoms with E-state index in [2.05, 4.69) is 22.2 Å². The van der Waals surface area contributed by atoms with E-state index in [4.69, 9.17) is 4.74 Å². The van der Waals surface area contributed by atoms with Gasteiger partial charge in [0.2, 0.25) is 0 Å². The predicted molar refractivity (Wildman–Crippen MR) is 88.6 cm³/mol. The van der Waals surface area contributed by atoms with Crippen molar-refractivity contribution in [1.29, 1.82) is 0 Å². The first kappa shape index (κ1) is 17.1. The molecule has 2 heterocycles. The summed E-state index contributed by atoms with van der Waals surface area (Å²) in [6, 6.07) is -0.210. The number of ether oxygens (including phenoxy) is 1. The standard InChI is InChI=1S/C17H26N4O3/c1-10-7-12(22)15-13(10)14(19-9-20-15)11-8-18-5-6-21(11)16(23)24-17(2,3)4/h9-12,18,22H,5-8H2,1-4H3/t10-,11?,12+/m1/s1. The van der Waals surface area contributed by atoms with Gasteiger partial charge < -0.3 is 15.2 Å². The number of hydrogen-bond donors (Lipinski definition) is 2. The van der Waals surface area contributed by atoms with Gasteiger partial charge in [0.1, 0.15) is 11.9 Å². The second-order valence-corrected chi connectivity index (χ2v) is 7.60. The Morgan fingerprint density at radius 2 is 2.08 bits per heavy atom. The van der Waals surface area contributed by atoms with Gasteiger partial charge in [-0.05, 0) is 33.1 Å². The van der Waals surface area contributed by atoms with Crippen LogP contribution in [0.2, 0.25) is 0 Å². The first-order valence-electron chi connectivity index (χ1n) is 8.51. The summed E-state index contributed by atoms with van der Waals surface area (Å²) in [7, 11) is 0. The van der Waals surface area contributed by atoms with Crippen LogP contribution < -0.4 is 5.32 Å². The van der Waals surface area contributed by atoms with Crippen LogP contribution in [0, 0.1) is 0 Å². The molecular weight excluding hydrogens is 308 g/mol. The molecule has 7 heteroatoms. The number of piperazine rings is 1. The molecule has 1 unspecified atom stereocenters. The zero-order chi connectivity index (χ0) is 17.5. The monoisotopic (exact) mass is 334 g/mol. The van der Waals surface area contributed by atoms with Crippen molar-refractivity contribution in [2.75, 3.05) is 19.6 Å². The molecule has 3 rings (SSSR count). The Morgan fingerprint density at radius 3 is 2.79 bits per heavy atom. The van der Waals surface area contributed by atoms with Gasteiger partial charge in [-0.15, -0.1) is 0 Å². The topological polar surface area (TPSA) is 87.6 Å². The number of rotatable bonds is 1. The summed E-state index contributed by atoms with van der Waals surface area (Å²) >= 11 is 0. The number of carbonyl (C=O) groups excluding carboxylic acids is 1. The van der Waals surface area contributed by atoms with E-state index in [0.29, 0.717) is 25.2 Å². The maximum Gasteiger partial charge on any atom is 0.410 e. The second-order valence-electron chi connectivity index (χ2n) is 7.60. The Kier molecular flexibility index (Phi) is 4.48. The summed E-state index contributed by atoms with van der Waals surface area (Å²) in [6.07, 6.45) is 1.25. The molecule has 0 aromatic carbocycles. The maximum absolute atomic E-state index is 12.6. The third-order valence-electron chi connectivity index (χ3n) is 4.52. The highest BCUT2D eigenvalue weighted by Gasteiger charge is 2.38. The van der Waals surface area contributed by atoms with Crippen LogP contribution in [-0.4, -0.2) is 51.3 Å². The number of aliphatic hydroxyl groups is 1. The highest BCUT2D eigenvalue weighted by molar-refractivity contribution is 5.69. The average molecular weight is 334 g/mol. The predicted octanol–water partition coefficient (Wildman–Crippen LogP) is 1.90. The van der Waals surface area contributed by atoms with Crippen LogP contribution in [-0.2, 0) is 4.74 Å². The number of carbonyl (C=O) groups is 1. The first-order chi connectivity index (χ1) is 11.3. The minimum Gasteiger partial charge on any atom is -0.444 e. The van der Waals surface area contributed by atoms with E-state index in [1.807, 2.05) is 20.8 Å². The van der Waals surface area contributed by atoms with Gasteiger partial charge in [0, 0.05) is 25.2 Å². The molecule has 0 bridgehead atoms. The van der Waals surface area contributed by atoms with Gasteiger partial charge in [0.15, 0.2) is 0 Å². The molecule has 2 N–H and O–H groups in total. The molecule has 1 saturated heterocycles. The molecule has 0 radical (unpaired) electrons. The van der Waals surface area contributed by atoms with Crippen LogP contribution in [0.15, 0.2) is 6.33 Å². The minimum atomic E-state index is -0.553. The van der Waals surface area contributed by atoms with Crippen molar-refractivity contribution in [2.24, 2.45) is 0 Å². The molecule has 1 aromatic heterocycles. The van der Waals surface area contributed by atoms with Crippen LogP contribution in [0.4, 0.5) is 4.79 Å². The van der Waals surface area contributed by atoms with Gasteiger partial charge in [-0.2, -0.15) is 0 Å². The second kappa shape index (κ2) is 6.29.